The van der Waals surface area contributed by atoms with Crippen molar-refractivity contribution >= 4 is 6.41 Å². The number of fused-ring (bicyclic) bond motifs is 1. The van der Waals surface area contributed by atoms with E-state index in [1.165, 1.54) is 12.8 Å². The molecule has 1 amide bonds. The van der Waals surface area contributed by atoms with Crippen molar-refractivity contribution in [2.45, 2.75) is 33.1 Å². The molecular formula is C12H19NO. The van der Waals surface area contributed by atoms with Crippen LogP contribution in [0.25, 0.3) is 0 Å². The predicted molar refractivity (Wildman–Crippen MR) is 56.8 cm³/mol. The highest BCUT2D eigenvalue weighted by molar-refractivity contribution is 5.45. The Kier molecular flexibility index (Phi) is 2.38. The van der Waals surface area contributed by atoms with Gasteiger partial charge in [0, 0.05) is 6.54 Å². The lowest BCUT2D eigenvalue weighted by Crippen LogP contribution is -2.48. The van der Waals surface area contributed by atoms with E-state index in [0.717, 1.165) is 31.2 Å². The Labute approximate surface area is 85.8 Å². The van der Waals surface area contributed by atoms with Crippen LogP contribution in [0.2, 0.25) is 0 Å². The van der Waals surface area contributed by atoms with E-state index in [1.54, 1.807) is 5.57 Å². The molecule has 0 heterocycles. The molecule has 0 aromatic rings. The largest absolute Gasteiger partial charge is 0.358 e. The zero-order chi connectivity index (χ0) is 10.2. The van der Waals surface area contributed by atoms with E-state index in [-0.39, 0.29) is 0 Å². The van der Waals surface area contributed by atoms with Crippen molar-refractivity contribution < 1.29 is 4.79 Å². The number of hydrogen-bond acceptors (Lipinski definition) is 1. The fraction of sp³-hybridized carbons (Fsp3) is 0.750. The first-order valence-electron chi connectivity index (χ1n) is 5.52. The maximum atomic E-state index is 10.1. The van der Waals surface area contributed by atoms with Gasteiger partial charge in [-0.2, -0.15) is 0 Å². The summed E-state index contributed by atoms with van der Waals surface area (Å²) >= 11 is 0. The van der Waals surface area contributed by atoms with Crippen molar-refractivity contribution in [3.8, 4) is 0 Å². The minimum atomic E-state index is 0.519. The molecule has 14 heavy (non-hydrogen) atoms. The van der Waals surface area contributed by atoms with E-state index in [9.17, 15) is 4.79 Å². The number of nitrogens with one attached hydrogen (secondary N) is 1. The van der Waals surface area contributed by atoms with Gasteiger partial charge in [0.2, 0.25) is 6.41 Å². The van der Waals surface area contributed by atoms with Crippen LogP contribution in [0, 0.1) is 17.3 Å². The van der Waals surface area contributed by atoms with Crippen molar-refractivity contribution in [3.05, 3.63) is 11.6 Å². The fourth-order valence-corrected chi connectivity index (χ4v) is 3.03. The van der Waals surface area contributed by atoms with Crippen LogP contribution in [0.4, 0.5) is 0 Å². The molecule has 2 atom stereocenters. The highest BCUT2D eigenvalue weighted by atomic mass is 16.1. The maximum absolute atomic E-state index is 10.1. The van der Waals surface area contributed by atoms with Gasteiger partial charge in [-0.3, -0.25) is 4.79 Å². The molecule has 2 bridgehead atoms. The van der Waals surface area contributed by atoms with E-state index >= 15 is 0 Å². The number of carbonyl (C=O) groups is 1. The Morgan fingerprint density at radius 2 is 2.43 bits per heavy atom. The number of allylic oxidation sites excluding steroid dienone is 1. The molecule has 1 fully saturated rings. The Hall–Kier alpha value is -0.790. The summed E-state index contributed by atoms with van der Waals surface area (Å²) in [6.45, 7) is 5.56. The fourth-order valence-electron chi connectivity index (χ4n) is 3.03. The highest BCUT2D eigenvalue weighted by Crippen LogP contribution is 2.59. The Morgan fingerprint density at radius 3 is 3.00 bits per heavy atom. The first kappa shape index (κ1) is 9.75. The SMILES string of the molecule is CC1(C)C2CC=C(CCNC=O)C1C2. The van der Waals surface area contributed by atoms with Crippen LogP contribution in [0.1, 0.15) is 33.1 Å². The van der Waals surface area contributed by atoms with Gasteiger partial charge in [-0.25, -0.2) is 0 Å². The van der Waals surface area contributed by atoms with Gasteiger partial charge in [-0.1, -0.05) is 25.5 Å². The molecule has 1 N–H and O–H groups in total. The Bertz CT molecular complexity index is 267. The Balaban J connectivity index is 1.93. The second-order valence-electron chi connectivity index (χ2n) is 5.14. The van der Waals surface area contributed by atoms with Crippen LogP contribution in [0.15, 0.2) is 11.6 Å². The third-order valence-electron chi connectivity index (χ3n) is 4.22. The summed E-state index contributed by atoms with van der Waals surface area (Å²) in [7, 11) is 0. The molecule has 2 heteroatoms. The van der Waals surface area contributed by atoms with Gasteiger partial charge in [0.25, 0.3) is 0 Å². The van der Waals surface area contributed by atoms with Crippen LogP contribution in [0.3, 0.4) is 0 Å². The zero-order valence-corrected chi connectivity index (χ0v) is 9.05. The average molecular weight is 193 g/mol. The van der Waals surface area contributed by atoms with Crippen LogP contribution in [-0.2, 0) is 4.79 Å². The molecule has 2 nitrogen and oxygen atoms in total. The molecule has 1 saturated carbocycles. The molecule has 2 unspecified atom stereocenters. The van der Waals surface area contributed by atoms with Gasteiger partial charge in [0.05, 0.1) is 0 Å². The quantitative estimate of drug-likeness (QED) is 0.413. The molecule has 0 radical (unpaired) electrons. The minimum absolute atomic E-state index is 0.519. The van der Waals surface area contributed by atoms with Gasteiger partial charge in [0.15, 0.2) is 0 Å². The summed E-state index contributed by atoms with van der Waals surface area (Å²) in [4.78, 5) is 10.1. The molecular weight excluding hydrogens is 174 g/mol. The first-order valence-corrected chi connectivity index (χ1v) is 5.52. The lowest BCUT2D eigenvalue weighted by Gasteiger charge is -2.56. The van der Waals surface area contributed by atoms with Crippen molar-refractivity contribution in [1.82, 2.24) is 5.32 Å². The van der Waals surface area contributed by atoms with Crippen LogP contribution < -0.4 is 5.32 Å². The van der Waals surface area contributed by atoms with Gasteiger partial charge in [-0.15, -0.1) is 0 Å². The second-order valence-corrected chi connectivity index (χ2v) is 5.14. The lowest BCUT2D eigenvalue weighted by molar-refractivity contribution is -0.109. The maximum Gasteiger partial charge on any atom is 0.207 e. The topological polar surface area (TPSA) is 29.1 Å². The van der Waals surface area contributed by atoms with E-state index in [0.29, 0.717) is 5.41 Å². The summed E-state index contributed by atoms with van der Waals surface area (Å²) < 4.78 is 0. The van der Waals surface area contributed by atoms with Crippen molar-refractivity contribution in [2.24, 2.45) is 17.3 Å². The first-order chi connectivity index (χ1) is 6.66. The standard InChI is InChI=1S/C12H19NO/c1-12(2)10-4-3-9(11(12)7-10)5-6-13-8-14/h3,8,10-11H,4-7H2,1-2H3,(H,13,14). The third kappa shape index (κ3) is 1.37. The normalized spacial score (nSPS) is 32.9. The van der Waals surface area contributed by atoms with Gasteiger partial charge < -0.3 is 5.32 Å². The van der Waals surface area contributed by atoms with Gasteiger partial charge in [-0.05, 0) is 36.5 Å². The highest BCUT2D eigenvalue weighted by Gasteiger charge is 2.50. The average Bonchev–Trinajstić information content (AvgIpc) is 2.18. The van der Waals surface area contributed by atoms with Crippen LogP contribution in [0.5, 0.6) is 0 Å². The van der Waals surface area contributed by atoms with E-state index < -0.39 is 0 Å². The smallest absolute Gasteiger partial charge is 0.207 e. The summed E-state index contributed by atoms with van der Waals surface area (Å²) in [5.74, 6) is 1.70. The number of carbonyl (C=O) groups excluding carboxylic acids is 1. The zero-order valence-electron chi connectivity index (χ0n) is 9.05. The molecule has 0 aromatic heterocycles. The molecule has 0 saturated heterocycles. The minimum Gasteiger partial charge on any atom is -0.358 e. The van der Waals surface area contributed by atoms with Crippen molar-refractivity contribution in [2.75, 3.05) is 6.54 Å². The summed E-state index contributed by atoms with van der Waals surface area (Å²) in [5, 5.41) is 2.74. The summed E-state index contributed by atoms with van der Waals surface area (Å²) in [5.41, 5.74) is 2.09. The van der Waals surface area contributed by atoms with E-state index in [1.807, 2.05) is 0 Å². The number of rotatable bonds is 4. The third-order valence-corrected chi connectivity index (χ3v) is 4.22. The van der Waals surface area contributed by atoms with Gasteiger partial charge in [0.1, 0.15) is 0 Å². The van der Waals surface area contributed by atoms with E-state index in [4.69, 9.17) is 0 Å². The van der Waals surface area contributed by atoms with Gasteiger partial charge >= 0.3 is 0 Å². The second kappa shape index (κ2) is 3.41. The Morgan fingerprint density at radius 1 is 1.64 bits per heavy atom. The van der Waals surface area contributed by atoms with Crippen molar-refractivity contribution in [3.63, 3.8) is 0 Å². The van der Waals surface area contributed by atoms with Crippen LogP contribution >= 0.6 is 0 Å². The van der Waals surface area contributed by atoms with Crippen LogP contribution in [-0.4, -0.2) is 13.0 Å². The summed E-state index contributed by atoms with van der Waals surface area (Å²) in [6.07, 6.45) is 6.86. The monoisotopic (exact) mass is 193 g/mol. The van der Waals surface area contributed by atoms with E-state index in [2.05, 4.69) is 25.2 Å². The molecule has 0 aromatic carbocycles. The molecule has 0 spiro atoms. The molecule has 3 aliphatic carbocycles. The lowest BCUT2D eigenvalue weighted by atomic mass is 9.48. The molecule has 78 valence electrons. The summed E-state index contributed by atoms with van der Waals surface area (Å²) in [6, 6.07) is 0. The molecule has 3 rings (SSSR count). The number of hydrogen-bond donors (Lipinski definition) is 1. The predicted octanol–water partition coefficient (Wildman–Crippen LogP) is 2.11. The molecule has 0 aliphatic heterocycles. The molecule has 3 aliphatic rings. The number of amides is 1. The van der Waals surface area contributed by atoms with Crippen molar-refractivity contribution in [1.29, 1.82) is 0 Å².